The van der Waals surface area contributed by atoms with Gasteiger partial charge in [0.15, 0.2) is 0 Å². The maximum absolute atomic E-state index is 15.5. The van der Waals surface area contributed by atoms with Crippen molar-refractivity contribution in [1.82, 2.24) is 45.5 Å². The SMILES string of the molecule is C[C@@H]1CN(c2ccc(-c3cc(C(=O)NCCOCCOCCOCCOCCCc4cccc5c4C(=O)N(C4CCC(=O)NC4=O)C5=O)ccc3F)cc2NC(=O)c2c[nH]c(=O)cc2C(F)(F)F)C[C@H](C)N1C.C[C@@H]1CN(c2ccc(-c3cc(C(=O)O)ccc3F)cc2NC(=O)c2c[nH]c(=O)cc2C(F)(F)F)C[C@H](C)N1C.NCCOCCOCCOCCOCCCc1cccc2c1C(=O)N(C1CCC(=O)NC1=O)C2=O. The van der Waals surface area contributed by atoms with Gasteiger partial charge < -0.3 is 84.5 Å². The highest BCUT2D eigenvalue weighted by atomic mass is 19.4. The van der Waals surface area contributed by atoms with Crippen molar-refractivity contribution >= 4 is 93.7 Å². The lowest BCUT2D eigenvalue weighted by atomic mass is 9.99. The summed E-state index contributed by atoms with van der Waals surface area (Å²) in [6, 6.07) is 25.4. The van der Waals surface area contributed by atoms with Gasteiger partial charge in [0.25, 0.3) is 41.4 Å². The first-order valence-electron chi connectivity index (χ1n) is 47.8. The number of piperidine rings is 2. The third-order valence-corrected chi connectivity index (χ3v) is 25.5. The standard InChI is InChI=1S/C51H57F4N7O11.C27H26F4N4O4.C24H33N3O8/c1-30-28-61(29-31(2)60(30)3)41-12-10-33(25-40(41)58-47(66)37-27-57-44(64)26-38(37)51(53,54)55)36-24-34(9-11-39(36)52)46(65)56-15-17-71-19-21-73-23-22-72-20-18-70-16-5-7-32-6-4-8-35-45(32)50(69)62(49(35)68)42-13-14-43(63)59-48(42)67;1-14-12-35(13-15(2)34(14)3)23-7-5-16(18-8-17(26(38)39)4-6-21(18)28)9-22(23)33-25(37)19-11-32-24(36)10-20(19)27(29,30)31;25-8-10-33-12-14-35-16-15-34-13-11-32-9-2-4-17-3-1-5-18-21(17)24(31)27(23(18)30)19-6-7-20(28)26-22(19)29/h4,6,8-12,24-27,30-31,42H,5,7,13-23,28-29H2,1-3H3,(H,56,65)(H,57,64)(H,58,66)(H,59,63,67);4-11,14-15H,12-13H2,1-3H3,(H,32,36)(H,33,37)(H,38,39);1,3,5,19H,2,4,6-16,25H2,(H,26,28,29)/t30-,31+,42?;14-,15+;. The molecule has 11 amide bonds. The summed E-state index contributed by atoms with van der Waals surface area (Å²) in [7, 11) is 3.96. The number of hydrogen-bond donors (Lipinski definition) is 9. The molecular formula is C102H116F8N14O23. The number of hydrogen-bond acceptors (Lipinski definition) is 27. The van der Waals surface area contributed by atoms with Crippen LogP contribution in [-0.2, 0) is 82.3 Å². The van der Waals surface area contributed by atoms with E-state index < -0.39 is 140 Å². The van der Waals surface area contributed by atoms with Crippen molar-refractivity contribution in [3.63, 3.8) is 0 Å². The maximum atomic E-state index is 15.5. The molecule has 6 aliphatic rings. The second-order valence-electron chi connectivity index (χ2n) is 35.6. The van der Waals surface area contributed by atoms with E-state index in [0.29, 0.717) is 197 Å². The maximum Gasteiger partial charge on any atom is 0.417 e. The van der Waals surface area contributed by atoms with Gasteiger partial charge in [0.05, 0.1) is 165 Å². The van der Waals surface area contributed by atoms with Crippen molar-refractivity contribution in [3.8, 4) is 22.3 Å². The van der Waals surface area contributed by atoms with Crippen molar-refractivity contribution in [2.24, 2.45) is 5.73 Å². The number of pyridine rings is 2. The number of rotatable bonds is 43. The quantitative estimate of drug-likeness (QED) is 0.00975. The average Bonchev–Trinajstić information content (AvgIpc) is 1.60. The van der Waals surface area contributed by atoms with Gasteiger partial charge in [-0.05, 0) is 175 Å². The van der Waals surface area contributed by atoms with Crippen LogP contribution in [0.2, 0.25) is 0 Å². The van der Waals surface area contributed by atoms with E-state index in [4.69, 9.17) is 43.6 Å². The van der Waals surface area contributed by atoms with Gasteiger partial charge in [-0.2, -0.15) is 26.3 Å². The Morgan fingerprint density at radius 2 is 0.789 bits per heavy atom. The van der Waals surface area contributed by atoms with Gasteiger partial charge >= 0.3 is 18.3 Å². The molecule has 8 heterocycles. The number of carbonyl (C=O) groups is 12. The summed E-state index contributed by atoms with van der Waals surface area (Å²) in [5.74, 6) is -9.64. The lowest BCUT2D eigenvalue weighted by Crippen LogP contribution is -2.55. The van der Waals surface area contributed by atoms with E-state index in [9.17, 15) is 103 Å². The molecule has 147 heavy (non-hydrogen) atoms. The number of likely N-dealkylation sites (N-methyl/N-ethyl adjacent to an activating group) is 2. The molecule has 6 aliphatic heterocycles. The number of imide groups is 4. The van der Waals surface area contributed by atoms with E-state index in [1.807, 2.05) is 57.7 Å². The Bertz CT molecular complexity index is 6240. The Labute approximate surface area is 839 Å². The number of nitrogens with one attached hydrogen (secondary N) is 7. The zero-order chi connectivity index (χ0) is 106. The first-order valence-corrected chi connectivity index (χ1v) is 47.8. The van der Waals surface area contributed by atoms with Gasteiger partial charge in [0.1, 0.15) is 23.7 Å². The predicted octanol–water partition coefficient (Wildman–Crippen LogP) is 9.54. The number of carbonyl (C=O) groups excluding carboxylic acids is 11. The highest BCUT2D eigenvalue weighted by Crippen LogP contribution is 2.42. The van der Waals surface area contributed by atoms with Crippen LogP contribution in [0.15, 0.2) is 143 Å². The molecule has 2 unspecified atom stereocenters. The molecule has 0 spiro atoms. The fraction of sp³-hybridized carbons (Fsp3) is 0.431. The topological polar surface area (TPSA) is 470 Å². The predicted molar refractivity (Wildman–Crippen MR) is 519 cm³/mol. The van der Waals surface area contributed by atoms with E-state index in [0.717, 1.165) is 39.6 Å². The summed E-state index contributed by atoms with van der Waals surface area (Å²) in [4.78, 5) is 189. The number of benzene rings is 6. The van der Waals surface area contributed by atoms with E-state index >= 15 is 4.39 Å². The number of alkyl halides is 6. The second kappa shape index (κ2) is 52.0. The number of aromatic amines is 2. The number of H-pyrrole nitrogens is 2. The van der Waals surface area contributed by atoms with E-state index in [-0.39, 0.29) is 132 Å². The van der Waals surface area contributed by atoms with Gasteiger partial charge in [-0.3, -0.25) is 92.6 Å². The molecule has 0 radical (unpaired) electrons. The molecule has 14 rings (SSSR count). The molecule has 4 saturated heterocycles. The first-order chi connectivity index (χ1) is 70.2. The van der Waals surface area contributed by atoms with Gasteiger partial charge in [-0.1, -0.05) is 36.4 Å². The third-order valence-electron chi connectivity index (χ3n) is 25.5. The Morgan fingerprint density at radius 1 is 0.429 bits per heavy atom. The highest BCUT2D eigenvalue weighted by Gasteiger charge is 2.48. The minimum atomic E-state index is -5.00. The van der Waals surface area contributed by atoms with Crippen LogP contribution >= 0.6 is 0 Å². The van der Waals surface area contributed by atoms with Gasteiger partial charge in [-0.15, -0.1) is 0 Å². The number of carboxylic acids is 1. The molecule has 2 aromatic heterocycles. The highest BCUT2D eigenvalue weighted by molar-refractivity contribution is 6.25. The summed E-state index contributed by atoms with van der Waals surface area (Å²) >= 11 is 0. The molecule has 37 nitrogen and oxygen atoms in total. The van der Waals surface area contributed by atoms with Crippen LogP contribution < -0.4 is 53.2 Å². The summed E-state index contributed by atoms with van der Waals surface area (Å²) in [6.45, 7) is 16.9. The van der Waals surface area contributed by atoms with Crippen molar-refractivity contribution in [1.29, 1.82) is 0 Å². The van der Waals surface area contributed by atoms with Crippen LogP contribution in [0, 0.1) is 11.6 Å². The molecule has 45 heteroatoms. The van der Waals surface area contributed by atoms with Crippen LogP contribution in [0.5, 0.6) is 0 Å². The fourth-order valence-electron chi connectivity index (χ4n) is 17.6. The number of nitrogens with two attached hydrogens (primary N) is 1. The number of aryl methyl sites for hydroxylation is 2. The number of ether oxygens (including phenoxy) is 8. The van der Waals surface area contributed by atoms with Gasteiger partial charge in [0, 0.05) is 131 Å². The number of nitrogens with zero attached hydrogens (tertiary/aromatic N) is 6. The number of fused-ring (bicyclic) bond motifs is 2. The molecule has 8 aromatic rings. The van der Waals surface area contributed by atoms with Gasteiger partial charge in [0.2, 0.25) is 34.7 Å². The zero-order valence-electron chi connectivity index (χ0n) is 81.6. The minimum Gasteiger partial charge on any atom is -0.478 e. The summed E-state index contributed by atoms with van der Waals surface area (Å²) in [5, 5.41) is 21.5. The van der Waals surface area contributed by atoms with Crippen molar-refractivity contribution in [2.75, 3.05) is 180 Å². The number of piperazine rings is 2. The smallest absolute Gasteiger partial charge is 0.417 e. The summed E-state index contributed by atoms with van der Waals surface area (Å²) in [5.41, 5.74) is 2.95. The molecule has 788 valence electrons. The fourth-order valence-corrected chi connectivity index (χ4v) is 17.6. The number of aromatic carboxylic acids is 1. The van der Waals surface area contributed by atoms with Crippen LogP contribution in [0.25, 0.3) is 22.3 Å². The molecular weight excluding hydrogens is 1940 g/mol. The normalized spacial score (nSPS) is 18.1. The monoisotopic (exact) mass is 2060 g/mol. The Kier molecular flexibility index (Phi) is 39.7. The Hall–Kier alpha value is -13.7. The summed E-state index contributed by atoms with van der Waals surface area (Å²) < 4.78 is 157. The van der Waals surface area contributed by atoms with E-state index in [1.165, 1.54) is 24.3 Å². The third kappa shape index (κ3) is 29.2. The number of anilines is 4. The summed E-state index contributed by atoms with van der Waals surface area (Å²) in [6.07, 6.45) is -5.97. The lowest BCUT2D eigenvalue weighted by Gasteiger charge is -2.44. The van der Waals surface area contributed by atoms with Crippen molar-refractivity contribution < 1.29 is 136 Å². The molecule has 4 fully saturated rings. The van der Waals surface area contributed by atoms with Crippen LogP contribution in [0.3, 0.4) is 0 Å². The molecule has 0 bridgehead atoms. The van der Waals surface area contributed by atoms with Crippen molar-refractivity contribution in [2.45, 2.75) is 128 Å². The molecule has 0 aliphatic carbocycles. The van der Waals surface area contributed by atoms with Crippen LogP contribution in [0.1, 0.15) is 171 Å². The number of amides is 11. The molecule has 0 saturated carbocycles. The molecule has 10 N–H and O–H groups in total. The van der Waals surface area contributed by atoms with Crippen LogP contribution in [-0.4, -0.2) is 301 Å². The van der Waals surface area contributed by atoms with Gasteiger partial charge in [-0.25, -0.2) is 13.6 Å². The van der Waals surface area contributed by atoms with Crippen molar-refractivity contribution in [3.05, 3.63) is 233 Å². The zero-order valence-corrected chi connectivity index (χ0v) is 81.6. The van der Waals surface area contributed by atoms with E-state index in [1.54, 1.807) is 54.6 Å². The number of carboxylic acid groups (broad SMARTS) is 1. The Balaban J connectivity index is 0.000000217. The molecule has 6 aromatic carbocycles. The lowest BCUT2D eigenvalue weighted by molar-refractivity contribution is -0.138. The average molecular weight is 2060 g/mol. The van der Waals surface area contributed by atoms with Crippen LogP contribution in [0.4, 0.5) is 57.9 Å². The van der Waals surface area contributed by atoms with E-state index in [2.05, 4.69) is 46.4 Å². The number of aromatic nitrogens is 2. The Morgan fingerprint density at radius 3 is 1.16 bits per heavy atom. The first kappa shape index (κ1) is 112. The molecule has 6 atom stereocenters. The second-order valence-corrected chi connectivity index (χ2v) is 35.6. The minimum absolute atomic E-state index is 0.00487. The largest absolute Gasteiger partial charge is 0.478 e. The number of halogens is 8.